The second kappa shape index (κ2) is 5.64. The maximum Gasteiger partial charge on any atom is 0.244 e. The molecule has 1 aliphatic rings. The van der Waals surface area contributed by atoms with Crippen LogP contribution in [-0.4, -0.2) is 25.8 Å². The van der Waals surface area contributed by atoms with Gasteiger partial charge in [0.25, 0.3) is 0 Å². The highest BCUT2D eigenvalue weighted by Crippen LogP contribution is 2.37. The predicted molar refractivity (Wildman–Crippen MR) is 84.0 cm³/mol. The summed E-state index contributed by atoms with van der Waals surface area (Å²) in [7, 11) is -3.43. The topological polar surface area (TPSA) is 37.4 Å². The van der Waals surface area contributed by atoms with Crippen molar-refractivity contribution in [1.29, 1.82) is 0 Å². The second-order valence-electron chi connectivity index (χ2n) is 4.95. The Morgan fingerprint density at radius 3 is 2.55 bits per heavy atom. The van der Waals surface area contributed by atoms with Crippen LogP contribution in [0, 0.1) is 0 Å². The van der Waals surface area contributed by atoms with Gasteiger partial charge in [-0.2, -0.15) is 4.31 Å². The summed E-state index contributed by atoms with van der Waals surface area (Å²) in [6.07, 6.45) is 2.99. The summed E-state index contributed by atoms with van der Waals surface area (Å²) in [5, 5.41) is 0.804. The Hall–Kier alpha value is -0.620. The van der Waals surface area contributed by atoms with Crippen LogP contribution in [-0.2, 0) is 15.9 Å². The number of fused-ring (bicyclic) bond motifs is 1. The maximum absolute atomic E-state index is 12.9. The van der Waals surface area contributed by atoms with E-state index in [0.717, 1.165) is 34.2 Å². The van der Waals surface area contributed by atoms with Gasteiger partial charge in [0, 0.05) is 28.1 Å². The average Bonchev–Trinajstić information content (AvgIpc) is 2.87. The zero-order valence-electron chi connectivity index (χ0n) is 11.0. The summed E-state index contributed by atoms with van der Waals surface area (Å²) < 4.78 is 28.4. The molecule has 3 nitrogen and oxygen atoms in total. The third kappa shape index (κ3) is 2.37. The van der Waals surface area contributed by atoms with Gasteiger partial charge in [0.05, 0.1) is 5.88 Å². The van der Waals surface area contributed by atoms with Crippen molar-refractivity contribution in [2.24, 2.45) is 0 Å². The van der Waals surface area contributed by atoms with E-state index < -0.39 is 10.0 Å². The minimum absolute atomic E-state index is 0.238. The molecule has 1 aromatic heterocycles. The first-order valence-corrected chi connectivity index (χ1v) is 9.50. The predicted octanol–water partition coefficient (Wildman–Crippen LogP) is 3.81. The molecule has 0 radical (unpaired) electrons. The Morgan fingerprint density at radius 1 is 1.15 bits per heavy atom. The molecule has 108 valence electrons. The van der Waals surface area contributed by atoms with Gasteiger partial charge in [-0.25, -0.2) is 8.42 Å². The number of piperidine rings is 1. The van der Waals surface area contributed by atoms with Crippen molar-refractivity contribution in [3.05, 3.63) is 29.1 Å². The Kier molecular flexibility index (Phi) is 4.04. The monoisotopic (exact) mass is 329 g/mol. The smallest absolute Gasteiger partial charge is 0.207 e. The summed E-state index contributed by atoms with van der Waals surface area (Å²) in [5.74, 6) is 0.238. The van der Waals surface area contributed by atoms with Crippen LogP contribution >= 0.6 is 22.9 Å². The van der Waals surface area contributed by atoms with Crippen LogP contribution in [0.5, 0.6) is 0 Å². The third-order valence-corrected chi connectivity index (χ3v) is 7.41. The van der Waals surface area contributed by atoms with E-state index >= 15 is 0 Å². The zero-order valence-corrected chi connectivity index (χ0v) is 13.4. The molecule has 0 spiro atoms. The van der Waals surface area contributed by atoms with Crippen molar-refractivity contribution in [2.45, 2.75) is 30.0 Å². The maximum atomic E-state index is 12.9. The standard InChI is InChI=1S/C14H16ClNO2S2/c15-10-13-14(11-6-2-3-7-12(11)19-13)20(17,18)16-8-4-1-5-9-16/h2-3,6-7H,1,4-5,8-10H2. The van der Waals surface area contributed by atoms with Crippen LogP contribution in [0.4, 0.5) is 0 Å². The van der Waals surface area contributed by atoms with E-state index in [9.17, 15) is 8.42 Å². The molecule has 20 heavy (non-hydrogen) atoms. The third-order valence-electron chi connectivity index (χ3n) is 3.65. The van der Waals surface area contributed by atoms with E-state index in [1.54, 1.807) is 4.31 Å². The van der Waals surface area contributed by atoms with Crippen LogP contribution in [0.2, 0.25) is 0 Å². The van der Waals surface area contributed by atoms with Gasteiger partial charge in [-0.3, -0.25) is 0 Å². The summed E-state index contributed by atoms with van der Waals surface area (Å²) in [4.78, 5) is 1.17. The second-order valence-corrected chi connectivity index (χ2v) is 8.23. The van der Waals surface area contributed by atoms with E-state index in [4.69, 9.17) is 11.6 Å². The molecular weight excluding hydrogens is 314 g/mol. The highest BCUT2D eigenvalue weighted by Gasteiger charge is 2.31. The Bertz CT molecular complexity index is 718. The fourth-order valence-electron chi connectivity index (χ4n) is 2.68. The van der Waals surface area contributed by atoms with Crippen molar-refractivity contribution < 1.29 is 8.42 Å². The van der Waals surface area contributed by atoms with Gasteiger partial charge in [-0.15, -0.1) is 22.9 Å². The summed E-state index contributed by atoms with van der Waals surface area (Å²) >= 11 is 7.45. The van der Waals surface area contributed by atoms with Crippen LogP contribution < -0.4 is 0 Å². The molecule has 1 saturated heterocycles. The highest BCUT2D eigenvalue weighted by atomic mass is 35.5. The molecule has 1 aliphatic heterocycles. The fourth-order valence-corrected chi connectivity index (χ4v) is 6.32. The minimum atomic E-state index is -3.43. The molecule has 1 fully saturated rings. The number of hydrogen-bond acceptors (Lipinski definition) is 3. The molecule has 0 saturated carbocycles. The first kappa shape index (κ1) is 14.3. The number of hydrogen-bond donors (Lipinski definition) is 0. The Balaban J connectivity index is 2.17. The van der Waals surface area contributed by atoms with E-state index in [2.05, 4.69) is 0 Å². The highest BCUT2D eigenvalue weighted by molar-refractivity contribution is 7.89. The van der Waals surface area contributed by atoms with Crippen molar-refractivity contribution in [2.75, 3.05) is 13.1 Å². The number of alkyl halides is 1. The van der Waals surface area contributed by atoms with E-state index in [1.807, 2.05) is 24.3 Å². The molecular formula is C14H16ClNO2S2. The molecule has 3 rings (SSSR count). The van der Waals surface area contributed by atoms with E-state index in [1.165, 1.54) is 11.3 Å². The lowest BCUT2D eigenvalue weighted by molar-refractivity contribution is 0.347. The first-order valence-electron chi connectivity index (χ1n) is 6.71. The molecule has 0 aliphatic carbocycles. The number of halogens is 1. The molecule has 0 amide bonds. The lowest BCUT2D eigenvalue weighted by Crippen LogP contribution is -2.35. The van der Waals surface area contributed by atoms with Gasteiger partial charge in [-0.1, -0.05) is 24.6 Å². The number of sulfonamides is 1. The average molecular weight is 330 g/mol. The zero-order chi connectivity index (χ0) is 14.2. The molecule has 0 N–H and O–H groups in total. The Morgan fingerprint density at radius 2 is 1.85 bits per heavy atom. The van der Waals surface area contributed by atoms with Crippen LogP contribution in [0.25, 0.3) is 10.1 Å². The minimum Gasteiger partial charge on any atom is -0.207 e. The molecule has 6 heteroatoms. The summed E-state index contributed by atoms with van der Waals surface area (Å²) in [5.41, 5.74) is 0. The van der Waals surface area contributed by atoms with Crippen LogP contribution in [0.1, 0.15) is 24.1 Å². The van der Waals surface area contributed by atoms with Gasteiger partial charge in [-0.05, 0) is 18.9 Å². The van der Waals surface area contributed by atoms with Crippen LogP contribution in [0.15, 0.2) is 29.2 Å². The fraction of sp³-hybridized carbons (Fsp3) is 0.429. The largest absolute Gasteiger partial charge is 0.244 e. The van der Waals surface area contributed by atoms with Gasteiger partial charge in [0.1, 0.15) is 4.90 Å². The van der Waals surface area contributed by atoms with Gasteiger partial charge < -0.3 is 0 Å². The van der Waals surface area contributed by atoms with Gasteiger partial charge >= 0.3 is 0 Å². The molecule has 0 atom stereocenters. The van der Waals surface area contributed by atoms with E-state index in [-0.39, 0.29) is 5.88 Å². The van der Waals surface area contributed by atoms with Crippen molar-refractivity contribution in [3.8, 4) is 0 Å². The molecule has 1 aromatic carbocycles. The first-order chi connectivity index (χ1) is 9.64. The number of benzene rings is 1. The summed E-state index contributed by atoms with van der Waals surface area (Å²) in [6.45, 7) is 1.24. The van der Waals surface area contributed by atoms with Crippen LogP contribution in [0.3, 0.4) is 0 Å². The molecule has 2 aromatic rings. The normalized spacial score (nSPS) is 17.6. The lowest BCUT2D eigenvalue weighted by atomic mass is 10.2. The van der Waals surface area contributed by atoms with Crippen molar-refractivity contribution >= 4 is 43.0 Å². The van der Waals surface area contributed by atoms with E-state index in [0.29, 0.717) is 18.0 Å². The van der Waals surface area contributed by atoms with Gasteiger partial charge in [0.2, 0.25) is 10.0 Å². The quantitative estimate of drug-likeness (QED) is 0.803. The van der Waals surface area contributed by atoms with Gasteiger partial charge in [0.15, 0.2) is 0 Å². The molecule has 0 bridgehead atoms. The number of rotatable bonds is 3. The molecule has 0 unspecified atom stereocenters. The van der Waals surface area contributed by atoms with Crippen molar-refractivity contribution in [3.63, 3.8) is 0 Å². The summed E-state index contributed by atoms with van der Waals surface area (Å²) in [6, 6.07) is 7.63. The SMILES string of the molecule is O=S(=O)(c1c(CCl)sc2ccccc12)N1CCCCC1. The number of nitrogens with zero attached hydrogens (tertiary/aromatic N) is 1. The Labute approximate surface area is 128 Å². The molecule has 2 heterocycles. The van der Waals surface area contributed by atoms with Crippen molar-refractivity contribution in [1.82, 2.24) is 4.31 Å². The lowest BCUT2D eigenvalue weighted by Gasteiger charge is -2.26. The number of thiophene rings is 1.